The van der Waals surface area contributed by atoms with E-state index in [1.165, 1.54) is 0 Å². The summed E-state index contributed by atoms with van der Waals surface area (Å²) in [6, 6.07) is 34.5. The molecule has 6 rings (SSSR count). The minimum atomic E-state index is -2.25. The Morgan fingerprint density at radius 3 is 2.22 bits per heavy atom. The molecule has 1 aliphatic rings. The van der Waals surface area contributed by atoms with E-state index in [0.29, 0.717) is 36.6 Å². The lowest BCUT2D eigenvalue weighted by Crippen LogP contribution is -2.48. The molecule has 0 aliphatic carbocycles. The first-order chi connectivity index (χ1) is 27.5. The van der Waals surface area contributed by atoms with Crippen molar-refractivity contribution in [3.63, 3.8) is 0 Å². The standard InChI is InChI=1S/C48H56N2O7Si/c1-47(2,3)56-46(52)50(32-44(38-18-15-27-49-30-38)57-58(7,8)48(4,5)6)31-40-24-21-37-28-35(23-26-42(37)55-40)36-22-25-41(43(29-36)54-39-19-13-10-14-20-39)45(51)53-33-34-16-11-9-12-17-34/h9-20,22-23,25-30,40,44H,21,24,31-33H2,1-8H3/t40-,44+/m1/s1. The normalized spacial score (nSPS) is 14.7. The molecule has 0 saturated carbocycles. The molecular weight excluding hydrogens is 745 g/mol. The largest absolute Gasteiger partial charge is 0.488 e. The Bertz CT molecular complexity index is 2150. The third kappa shape index (κ3) is 11.1. The number of carbonyl (C=O) groups is 2. The van der Waals surface area contributed by atoms with Gasteiger partial charge in [0.1, 0.15) is 41.1 Å². The molecule has 1 amide bonds. The molecule has 0 unspecified atom stereocenters. The molecule has 2 atom stereocenters. The first-order valence-corrected chi connectivity index (χ1v) is 22.9. The second kappa shape index (κ2) is 18.0. The highest BCUT2D eigenvalue weighted by Gasteiger charge is 2.41. The van der Waals surface area contributed by atoms with Gasteiger partial charge < -0.3 is 28.3 Å². The first kappa shape index (κ1) is 42.2. The molecule has 0 saturated heterocycles. The Balaban J connectivity index is 1.22. The summed E-state index contributed by atoms with van der Waals surface area (Å²) in [6.07, 6.45) is 3.94. The Labute approximate surface area is 344 Å². The molecule has 5 aromatic rings. The van der Waals surface area contributed by atoms with Gasteiger partial charge >= 0.3 is 12.1 Å². The number of ether oxygens (including phenoxy) is 4. The molecule has 58 heavy (non-hydrogen) atoms. The molecule has 1 aromatic heterocycles. The zero-order valence-corrected chi connectivity index (χ0v) is 36.0. The molecule has 0 radical (unpaired) electrons. The van der Waals surface area contributed by atoms with E-state index in [1.54, 1.807) is 17.2 Å². The van der Waals surface area contributed by atoms with E-state index in [4.69, 9.17) is 23.4 Å². The van der Waals surface area contributed by atoms with Crippen molar-refractivity contribution < 1.29 is 33.0 Å². The van der Waals surface area contributed by atoms with Crippen molar-refractivity contribution in [1.29, 1.82) is 0 Å². The molecule has 0 N–H and O–H groups in total. The van der Waals surface area contributed by atoms with Gasteiger partial charge in [-0.25, -0.2) is 9.59 Å². The highest BCUT2D eigenvalue weighted by atomic mass is 28.4. The first-order valence-electron chi connectivity index (χ1n) is 20.0. The van der Waals surface area contributed by atoms with E-state index in [1.807, 2.05) is 124 Å². The second-order valence-electron chi connectivity index (χ2n) is 17.3. The van der Waals surface area contributed by atoms with Gasteiger partial charge in [0.15, 0.2) is 8.32 Å². The Kier molecular flexibility index (Phi) is 13.1. The average Bonchev–Trinajstić information content (AvgIpc) is 3.19. The minimum Gasteiger partial charge on any atom is -0.488 e. The summed E-state index contributed by atoms with van der Waals surface area (Å²) in [5.41, 5.74) is 4.38. The van der Waals surface area contributed by atoms with Crippen LogP contribution in [0.5, 0.6) is 17.2 Å². The van der Waals surface area contributed by atoms with Crippen LogP contribution in [-0.2, 0) is 26.9 Å². The third-order valence-corrected chi connectivity index (χ3v) is 15.1. The van der Waals surface area contributed by atoms with Crippen LogP contribution < -0.4 is 9.47 Å². The number of hydrogen-bond donors (Lipinski definition) is 0. The number of benzene rings is 4. The van der Waals surface area contributed by atoms with Crippen LogP contribution in [-0.4, -0.2) is 55.1 Å². The van der Waals surface area contributed by atoms with E-state index in [2.05, 4.69) is 44.9 Å². The molecule has 1 aliphatic heterocycles. The van der Waals surface area contributed by atoms with E-state index in [0.717, 1.165) is 40.0 Å². The smallest absolute Gasteiger partial charge is 0.410 e. The average molecular weight is 801 g/mol. The Hall–Kier alpha value is -5.45. The fourth-order valence-electron chi connectivity index (χ4n) is 6.43. The number of fused-ring (bicyclic) bond motifs is 1. The number of para-hydroxylation sites is 1. The van der Waals surface area contributed by atoms with E-state index in [-0.39, 0.29) is 17.7 Å². The van der Waals surface area contributed by atoms with Crippen LogP contribution >= 0.6 is 0 Å². The zero-order valence-electron chi connectivity index (χ0n) is 35.0. The Morgan fingerprint density at radius 2 is 1.55 bits per heavy atom. The van der Waals surface area contributed by atoms with Gasteiger partial charge in [-0.1, -0.05) is 87.5 Å². The van der Waals surface area contributed by atoms with Crippen molar-refractivity contribution in [3.8, 4) is 28.4 Å². The van der Waals surface area contributed by atoms with Gasteiger partial charge in [-0.2, -0.15) is 0 Å². The summed E-state index contributed by atoms with van der Waals surface area (Å²) < 4.78 is 31.5. The summed E-state index contributed by atoms with van der Waals surface area (Å²) in [5.74, 6) is 1.32. The number of pyridine rings is 1. The van der Waals surface area contributed by atoms with Crippen LogP contribution in [0.4, 0.5) is 4.79 Å². The number of rotatable bonds is 13. The Morgan fingerprint density at radius 1 is 0.862 bits per heavy atom. The van der Waals surface area contributed by atoms with Gasteiger partial charge in [0.25, 0.3) is 0 Å². The SMILES string of the molecule is CC(C)(C)OC(=O)N(C[C@H]1CCc2cc(-c3ccc(C(=O)OCc4ccccc4)c(Oc4ccccc4)c3)ccc2O1)C[C@H](O[Si](C)(C)C(C)(C)C)c1cccnc1. The molecule has 304 valence electrons. The second-order valence-corrected chi connectivity index (χ2v) is 22.1. The lowest BCUT2D eigenvalue weighted by Gasteiger charge is -2.41. The number of hydrogen-bond acceptors (Lipinski definition) is 8. The summed E-state index contributed by atoms with van der Waals surface area (Å²) in [6.45, 7) is 17.5. The van der Waals surface area contributed by atoms with E-state index in [9.17, 15) is 9.59 Å². The maximum atomic E-state index is 13.9. The molecule has 10 heteroatoms. The fraction of sp³-hybridized carbons (Fsp3) is 0.354. The third-order valence-electron chi connectivity index (χ3n) is 10.6. The quantitative estimate of drug-likeness (QED) is 0.0858. The van der Waals surface area contributed by atoms with Crippen LogP contribution in [0.15, 0.2) is 122 Å². The molecule has 0 fully saturated rings. The number of amides is 1. The van der Waals surface area contributed by atoms with Crippen LogP contribution in [0, 0.1) is 0 Å². The van der Waals surface area contributed by atoms with Crippen LogP contribution in [0.25, 0.3) is 11.1 Å². The summed E-state index contributed by atoms with van der Waals surface area (Å²) in [7, 11) is -2.25. The summed E-state index contributed by atoms with van der Waals surface area (Å²) in [5, 5.41) is -0.0356. The monoisotopic (exact) mass is 800 g/mol. The zero-order chi connectivity index (χ0) is 41.5. The van der Waals surface area contributed by atoms with Crippen molar-refractivity contribution in [1.82, 2.24) is 9.88 Å². The summed E-state index contributed by atoms with van der Waals surface area (Å²) in [4.78, 5) is 33.3. The number of nitrogens with zero attached hydrogens (tertiary/aromatic N) is 2. The predicted octanol–water partition coefficient (Wildman–Crippen LogP) is 11.6. The van der Waals surface area contributed by atoms with E-state index < -0.39 is 32.1 Å². The van der Waals surface area contributed by atoms with Crippen LogP contribution in [0.1, 0.15) is 81.1 Å². The molecule has 0 spiro atoms. The maximum Gasteiger partial charge on any atom is 0.410 e. The molecule has 9 nitrogen and oxygen atoms in total. The van der Waals surface area contributed by atoms with Crippen molar-refractivity contribution in [2.45, 2.75) is 96.9 Å². The van der Waals surface area contributed by atoms with Gasteiger partial charge in [-0.15, -0.1) is 0 Å². The molecule has 0 bridgehead atoms. The molecule has 2 heterocycles. The maximum absolute atomic E-state index is 13.9. The van der Waals surface area contributed by atoms with Crippen molar-refractivity contribution >= 4 is 20.4 Å². The van der Waals surface area contributed by atoms with Gasteiger partial charge in [0.05, 0.1) is 19.2 Å². The van der Waals surface area contributed by atoms with Crippen LogP contribution in [0.2, 0.25) is 18.1 Å². The lowest BCUT2D eigenvalue weighted by atomic mass is 9.96. The molecule has 4 aromatic carbocycles. The lowest BCUT2D eigenvalue weighted by molar-refractivity contribution is 0.00489. The minimum absolute atomic E-state index is 0.0356. The molecular formula is C48H56N2O7Si. The fourth-order valence-corrected chi connectivity index (χ4v) is 7.71. The number of esters is 1. The number of carbonyl (C=O) groups excluding carboxylic acids is 2. The van der Waals surface area contributed by atoms with Crippen molar-refractivity contribution in [2.75, 3.05) is 13.1 Å². The topological polar surface area (TPSA) is 96.4 Å². The highest BCUT2D eigenvalue weighted by Crippen LogP contribution is 2.41. The number of aryl methyl sites for hydroxylation is 1. The highest BCUT2D eigenvalue weighted by molar-refractivity contribution is 6.74. The summed E-state index contributed by atoms with van der Waals surface area (Å²) >= 11 is 0. The van der Waals surface area contributed by atoms with Crippen LogP contribution in [0.3, 0.4) is 0 Å². The van der Waals surface area contributed by atoms with Crippen molar-refractivity contribution in [3.05, 3.63) is 144 Å². The van der Waals surface area contributed by atoms with Gasteiger partial charge in [0, 0.05) is 12.4 Å². The van der Waals surface area contributed by atoms with Crippen molar-refractivity contribution in [2.24, 2.45) is 0 Å². The van der Waals surface area contributed by atoms with E-state index >= 15 is 0 Å². The van der Waals surface area contributed by atoms with Gasteiger partial charge in [-0.05, 0) is 122 Å². The number of aromatic nitrogens is 1. The predicted molar refractivity (Wildman–Crippen MR) is 230 cm³/mol. The van der Waals surface area contributed by atoms with Gasteiger partial charge in [0.2, 0.25) is 0 Å². The van der Waals surface area contributed by atoms with Gasteiger partial charge in [-0.3, -0.25) is 4.98 Å².